The molecule has 0 saturated carbocycles. The third kappa shape index (κ3) is 4.80. The molecule has 36 heavy (non-hydrogen) atoms. The standard InChI is InChI=1S/C27H24N4O5/c1-28-26(33)17-12-13-23(36-3)21(15-17)30-31-24-18-9-5-4-8-16(18)14-19(25(24)32)27(34)29-20-10-6-7-11-22(20)35-2/h4-15,32H,1-3H3,(H,28,33)(H,29,34). The molecular weight excluding hydrogens is 460 g/mol. The number of phenolic OH excluding ortho intramolecular Hbond substituents is 1. The molecule has 0 aliphatic rings. The average molecular weight is 485 g/mol. The van der Waals surface area contributed by atoms with Crippen LogP contribution in [-0.2, 0) is 0 Å². The number of carbonyl (C=O) groups excluding carboxylic acids is 2. The highest BCUT2D eigenvalue weighted by Crippen LogP contribution is 2.41. The number of rotatable bonds is 7. The predicted octanol–water partition coefficient (Wildman–Crippen LogP) is 5.59. The molecule has 0 aliphatic carbocycles. The number of para-hydroxylation sites is 2. The number of fused-ring (bicyclic) bond motifs is 1. The van der Waals surface area contributed by atoms with Gasteiger partial charge >= 0.3 is 0 Å². The van der Waals surface area contributed by atoms with E-state index in [0.29, 0.717) is 33.5 Å². The van der Waals surface area contributed by atoms with Crippen molar-refractivity contribution in [3.8, 4) is 17.2 Å². The zero-order chi connectivity index (χ0) is 25.7. The topological polar surface area (TPSA) is 122 Å². The number of aromatic hydroxyl groups is 1. The van der Waals surface area contributed by atoms with Gasteiger partial charge in [-0.25, -0.2) is 0 Å². The predicted molar refractivity (Wildman–Crippen MR) is 137 cm³/mol. The van der Waals surface area contributed by atoms with Crippen LogP contribution in [0.15, 0.2) is 83.0 Å². The minimum Gasteiger partial charge on any atom is -0.505 e. The largest absolute Gasteiger partial charge is 0.505 e. The minimum atomic E-state index is -0.543. The lowest BCUT2D eigenvalue weighted by molar-refractivity contribution is 0.0962. The Bertz CT molecular complexity index is 1480. The molecule has 0 aliphatic heterocycles. The summed E-state index contributed by atoms with van der Waals surface area (Å²) in [5.41, 5.74) is 1.22. The Hall–Kier alpha value is -4.92. The van der Waals surface area contributed by atoms with E-state index in [2.05, 4.69) is 20.9 Å². The van der Waals surface area contributed by atoms with E-state index < -0.39 is 5.91 Å². The quantitative estimate of drug-likeness (QED) is 0.295. The summed E-state index contributed by atoms with van der Waals surface area (Å²) in [6.07, 6.45) is 0. The van der Waals surface area contributed by atoms with Gasteiger partial charge in [0.15, 0.2) is 5.75 Å². The van der Waals surface area contributed by atoms with E-state index in [1.807, 2.05) is 6.07 Å². The average Bonchev–Trinajstić information content (AvgIpc) is 2.91. The van der Waals surface area contributed by atoms with E-state index in [4.69, 9.17) is 9.47 Å². The number of nitrogens with one attached hydrogen (secondary N) is 2. The van der Waals surface area contributed by atoms with Crippen LogP contribution in [0.25, 0.3) is 10.8 Å². The van der Waals surface area contributed by atoms with E-state index in [0.717, 1.165) is 0 Å². The highest BCUT2D eigenvalue weighted by Gasteiger charge is 2.20. The summed E-state index contributed by atoms with van der Waals surface area (Å²) in [6.45, 7) is 0. The van der Waals surface area contributed by atoms with Crippen molar-refractivity contribution in [1.29, 1.82) is 0 Å². The fourth-order valence-corrected chi connectivity index (χ4v) is 3.69. The van der Waals surface area contributed by atoms with Crippen LogP contribution in [0.5, 0.6) is 17.2 Å². The van der Waals surface area contributed by atoms with Crippen LogP contribution in [0.4, 0.5) is 17.1 Å². The fraction of sp³-hybridized carbons (Fsp3) is 0.111. The van der Waals surface area contributed by atoms with Gasteiger partial charge in [-0.2, -0.15) is 0 Å². The van der Waals surface area contributed by atoms with E-state index in [1.54, 1.807) is 60.7 Å². The third-order valence-electron chi connectivity index (χ3n) is 5.52. The van der Waals surface area contributed by atoms with Crippen LogP contribution < -0.4 is 20.1 Å². The van der Waals surface area contributed by atoms with Crippen LogP contribution >= 0.6 is 0 Å². The number of amides is 2. The van der Waals surface area contributed by atoms with Crippen molar-refractivity contribution in [3.05, 3.63) is 83.9 Å². The SMILES string of the molecule is CNC(=O)c1ccc(OC)c(N=Nc2c(O)c(C(=O)Nc3ccccc3OC)cc3ccccc23)c1. The Labute approximate surface area is 207 Å². The zero-order valence-electron chi connectivity index (χ0n) is 19.9. The molecule has 0 fully saturated rings. The van der Waals surface area contributed by atoms with Gasteiger partial charge in [-0.1, -0.05) is 36.4 Å². The number of benzene rings is 4. The van der Waals surface area contributed by atoms with Crippen LogP contribution in [0.3, 0.4) is 0 Å². The summed E-state index contributed by atoms with van der Waals surface area (Å²) in [4.78, 5) is 25.2. The van der Waals surface area contributed by atoms with E-state index in [9.17, 15) is 14.7 Å². The molecule has 0 aromatic heterocycles. The molecule has 4 rings (SSSR count). The number of hydrogen-bond acceptors (Lipinski definition) is 7. The van der Waals surface area contributed by atoms with Crippen LogP contribution in [-0.4, -0.2) is 38.2 Å². The van der Waals surface area contributed by atoms with Crippen molar-refractivity contribution >= 4 is 39.6 Å². The molecule has 0 unspecified atom stereocenters. The van der Waals surface area contributed by atoms with E-state index in [1.165, 1.54) is 27.3 Å². The maximum absolute atomic E-state index is 13.2. The van der Waals surface area contributed by atoms with Gasteiger partial charge in [0.1, 0.15) is 22.9 Å². The Morgan fingerprint density at radius 2 is 1.56 bits per heavy atom. The molecule has 9 heteroatoms. The second-order valence-electron chi connectivity index (χ2n) is 7.66. The molecule has 4 aromatic rings. The van der Waals surface area contributed by atoms with Crippen molar-refractivity contribution in [2.75, 3.05) is 26.6 Å². The number of ether oxygens (including phenoxy) is 2. The van der Waals surface area contributed by atoms with Gasteiger partial charge < -0.3 is 25.2 Å². The normalized spacial score (nSPS) is 10.9. The van der Waals surface area contributed by atoms with Crippen molar-refractivity contribution in [2.45, 2.75) is 0 Å². The Morgan fingerprint density at radius 1 is 0.833 bits per heavy atom. The summed E-state index contributed by atoms with van der Waals surface area (Å²) in [5.74, 6) is -0.309. The molecule has 0 radical (unpaired) electrons. The lowest BCUT2D eigenvalue weighted by Gasteiger charge is -2.13. The Morgan fingerprint density at radius 3 is 2.31 bits per heavy atom. The number of phenols is 1. The lowest BCUT2D eigenvalue weighted by atomic mass is 10.0. The lowest BCUT2D eigenvalue weighted by Crippen LogP contribution is -2.17. The minimum absolute atomic E-state index is 0.0135. The molecule has 182 valence electrons. The van der Waals surface area contributed by atoms with Crippen molar-refractivity contribution in [3.63, 3.8) is 0 Å². The van der Waals surface area contributed by atoms with Crippen molar-refractivity contribution < 1.29 is 24.2 Å². The van der Waals surface area contributed by atoms with Crippen LogP contribution in [0, 0.1) is 0 Å². The van der Waals surface area contributed by atoms with Gasteiger partial charge in [0.05, 0.1) is 25.5 Å². The molecule has 0 saturated heterocycles. The van der Waals surface area contributed by atoms with E-state index >= 15 is 0 Å². The monoisotopic (exact) mass is 484 g/mol. The molecular formula is C27H24N4O5. The number of carbonyl (C=O) groups is 2. The van der Waals surface area contributed by atoms with Crippen molar-refractivity contribution in [1.82, 2.24) is 5.32 Å². The summed E-state index contributed by atoms with van der Waals surface area (Å²) in [7, 11) is 4.51. The molecule has 0 atom stereocenters. The van der Waals surface area contributed by atoms with Gasteiger partial charge in [-0.3, -0.25) is 9.59 Å². The number of nitrogens with zero attached hydrogens (tertiary/aromatic N) is 2. The Balaban J connectivity index is 1.80. The Kier molecular flexibility index (Phi) is 7.10. The van der Waals surface area contributed by atoms with Crippen molar-refractivity contribution in [2.24, 2.45) is 10.2 Å². The maximum Gasteiger partial charge on any atom is 0.259 e. The van der Waals surface area contributed by atoms with Crippen LogP contribution in [0.1, 0.15) is 20.7 Å². The molecule has 0 spiro atoms. The first kappa shape index (κ1) is 24.2. The summed E-state index contributed by atoms with van der Waals surface area (Å²) in [5, 5.41) is 26.2. The molecule has 4 aromatic carbocycles. The maximum atomic E-state index is 13.2. The molecule has 0 heterocycles. The first-order valence-electron chi connectivity index (χ1n) is 11.0. The van der Waals surface area contributed by atoms with Gasteiger partial charge in [0.2, 0.25) is 0 Å². The van der Waals surface area contributed by atoms with Gasteiger partial charge in [0, 0.05) is 18.0 Å². The summed E-state index contributed by atoms with van der Waals surface area (Å²) in [6, 6.07) is 20.5. The van der Waals surface area contributed by atoms with E-state index in [-0.39, 0.29) is 28.6 Å². The second-order valence-corrected chi connectivity index (χ2v) is 7.66. The third-order valence-corrected chi connectivity index (χ3v) is 5.52. The second kappa shape index (κ2) is 10.6. The molecule has 0 bridgehead atoms. The fourth-order valence-electron chi connectivity index (χ4n) is 3.69. The van der Waals surface area contributed by atoms with Crippen LogP contribution in [0.2, 0.25) is 0 Å². The number of methoxy groups -OCH3 is 2. The van der Waals surface area contributed by atoms with Gasteiger partial charge in [0.25, 0.3) is 11.8 Å². The number of anilines is 1. The first-order chi connectivity index (χ1) is 17.5. The molecule has 3 N–H and O–H groups in total. The van der Waals surface area contributed by atoms with Gasteiger partial charge in [-0.15, -0.1) is 10.2 Å². The molecule has 9 nitrogen and oxygen atoms in total. The summed E-state index contributed by atoms with van der Waals surface area (Å²) < 4.78 is 10.6. The highest BCUT2D eigenvalue weighted by atomic mass is 16.5. The smallest absolute Gasteiger partial charge is 0.259 e. The first-order valence-corrected chi connectivity index (χ1v) is 11.0. The number of hydrogen-bond donors (Lipinski definition) is 3. The molecule has 2 amide bonds. The summed E-state index contributed by atoms with van der Waals surface area (Å²) >= 11 is 0. The van der Waals surface area contributed by atoms with Gasteiger partial charge in [-0.05, 0) is 41.8 Å². The highest BCUT2D eigenvalue weighted by molar-refractivity contribution is 6.12. The zero-order valence-corrected chi connectivity index (χ0v) is 19.9. The number of azo groups is 1.